The van der Waals surface area contributed by atoms with Crippen molar-refractivity contribution in [3.05, 3.63) is 77.4 Å². The lowest BCUT2D eigenvalue weighted by molar-refractivity contribution is -0.0154. The van der Waals surface area contributed by atoms with Gasteiger partial charge in [0.1, 0.15) is 23.2 Å². The molecular formula is C33H39N3O3. The van der Waals surface area contributed by atoms with Gasteiger partial charge >= 0.3 is 0 Å². The molecule has 3 aromatic rings. The summed E-state index contributed by atoms with van der Waals surface area (Å²) < 4.78 is 12.6. The van der Waals surface area contributed by atoms with Gasteiger partial charge in [-0.1, -0.05) is 75.6 Å². The highest BCUT2D eigenvalue weighted by Crippen LogP contribution is 2.35. The van der Waals surface area contributed by atoms with Gasteiger partial charge in [0.2, 0.25) is 0 Å². The fourth-order valence-electron chi connectivity index (χ4n) is 5.85. The Bertz CT molecular complexity index is 1450. The van der Waals surface area contributed by atoms with E-state index in [1.54, 1.807) is 6.08 Å². The number of unbranched alkanes of at least 4 members (excludes halogenated alkanes) is 1. The first-order valence-electron chi connectivity index (χ1n) is 14.5. The first kappa shape index (κ1) is 26.1. The summed E-state index contributed by atoms with van der Waals surface area (Å²) in [5.74, 6) is 1.01. The minimum absolute atomic E-state index is 0.245. The third-order valence-electron chi connectivity index (χ3n) is 8.27. The van der Waals surface area contributed by atoms with Gasteiger partial charge in [0.15, 0.2) is 6.35 Å². The van der Waals surface area contributed by atoms with Crippen LogP contribution in [0.25, 0.3) is 28.0 Å². The van der Waals surface area contributed by atoms with E-state index >= 15 is 0 Å². The number of nitrogens with zero attached hydrogens (tertiary/aromatic N) is 1. The Hall–Kier alpha value is -3.19. The molecule has 0 fully saturated rings. The predicted molar refractivity (Wildman–Crippen MR) is 158 cm³/mol. The monoisotopic (exact) mass is 525 g/mol. The Kier molecular flexibility index (Phi) is 7.69. The molecule has 0 saturated heterocycles. The van der Waals surface area contributed by atoms with E-state index in [1.807, 2.05) is 24.3 Å². The average molecular weight is 526 g/mol. The largest absolute Gasteiger partial charge is 0.456 e. The van der Waals surface area contributed by atoms with E-state index in [1.165, 1.54) is 30.4 Å². The van der Waals surface area contributed by atoms with Crippen molar-refractivity contribution in [1.29, 1.82) is 0 Å². The van der Waals surface area contributed by atoms with Gasteiger partial charge in [-0.05, 0) is 66.1 Å². The van der Waals surface area contributed by atoms with Crippen molar-refractivity contribution in [2.24, 2.45) is 16.8 Å². The Morgan fingerprint density at radius 2 is 1.97 bits per heavy atom. The molecule has 0 spiro atoms. The number of aliphatic imine (C=N–C) groups is 1. The molecule has 1 aromatic heterocycles. The van der Waals surface area contributed by atoms with Crippen LogP contribution < -0.4 is 10.6 Å². The molecule has 5 unspecified atom stereocenters. The van der Waals surface area contributed by atoms with Gasteiger partial charge in [0.25, 0.3) is 0 Å². The maximum absolute atomic E-state index is 10.7. The van der Waals surface area contributed by atoms with Crippen molar-refractivity contribution in [3.8, 4) is 0 Å². The maximum Gasteiger partial charge on any atom is 0.186 e. The molecule has 204 valence electrons. The van der Waals surface area contributed by atoms with E-state index in [-0.39, 0.29) is 12.1 Å². The van der Waals surface area contributed by atoms with Gasteiger partial charge in [0, 0.05) is 10.8 Å². The normalized spacial score (nSPS) is 25.1. The van der Waals surface area contributed by atoms with E-state index in [0.717, 1.165) is 52.6 Å². The van der Waals surface area contributed by atoms with E-state index in [2.05, 4.69) is 60.9 Å². The summed E-state index contributed by atoms with van der Waals surface area (Å²) in [7, 11) is 0. The third kappa shape index (κ3) is 5.46. The fourth-order valence-corrected chi connectivity index (χ4v) is 5.85. The van der Waals surface area contributed by atoms with Gasteiger partial charge in [0.05, 0.1) is 18.6 Å². The molecule has 0 radical (unpaired) electrons. The van der Waals surface area contributed by atoms with E-state index in [9.17, 15) is 5.11 Å². The van der Waals surface area contributed by atoms with Gasteiger partial charge < -0.3 is 19.6 Å². The first-order valence-corrected chi connectivity index (χ1v) is 14.5. The number of hydrogen-bond acceptors (Lipinski definition) is 6. The highest BCUT2D eigenvalue weighted by molar-refractivity contribution is 6.06. The van der Waals surface area contributed by atoms with Crippen LogP contribution in [-0.2, 0) is 11.2 Å². The second kappa shape index (κ2) is 11.5. The summed E-state index contributed by atoms with van der Waals surface area (Å²) in [5.41, 5.74) is 5.45. The number of allylic oxidation sites excluding steroid dienone is 3. The number of amidine groups is 1. The van der Waals surface area contributed by atoms with Crippen LogP contribution in [-0.4, -0.2) is 30.0 Å². The number of benzene rings is 2. The second-order valence-corrected chi connectivity index (χ2v) is 11.0. The Labute approximate surface area is 230 Å². The average Bonchev–Trinajstić information content (AvgIpc) is 3.32. The number of furan rings is 1. The summed E-state index contributed by atoms with van der Waals surface area (Å²) in [5, 5.41) is 19.9. The number of nitrogens with one attached hydrogen (secondary N) is 2. The van der Waals surface area contributed by atoms with Crippen LogP contribution in [0.2, 0.25) is 0 Å². The second-order valence-electron chi connectivity index (χ2n) is 11.0. The van der Waals surface area contributed by atoms with Gasteiger partial charge in [-0.15, -0.1) is 0 Å². The van der Waals surface area contributed by atoms with Crippen molar-refractivity contribution < 1.29 is 14.3 Å². The summed E-state index contributed by atoms with van der Waals surface area (Å²) in [6, 6.07) is 10.8. The highest BCUT2D eigenvalue weighted by Gasteiger charge is 2.31. The molecular weight excluding hydrogens is 486 g/mol. The number of aryl methyl sites for hydroxylation is 1. The van der Waals surface area contributed by atoms with Gasteiger partial charge in [-0.25, -0.2) is 10.3 Å². The lowest BCUT2D eigenvalue weighted by Gasteiger charge is -2.35. The molecule has 0 saturated carbocycles. The van der Waals surface area contributed by atoms with E-state index < -0.39 is 12.5 Å². The van der Waals surface area contributed by atoms with E-state index in [4.69, 9.17) is 14.1 Å². The van der Waals surface area contributed by atoms with Crippen LogP contribution in [0.1, 0.15) is 68.8 Å². The molecule has 39 heavy (non-hydrogen) atoms. The molecule has 5 atom stereocenters. The molecule has 0 bridgehead atoms. The van der Waals surface area contributed by atoms with Crippen LogP contribution >= 0.6 is 0 Å². The zero-order valence-corrected chi connectivity index (χ0v) is 22.9. The molecule has 6 nitrogen and oxygen atoms in total. The molecule has 1 aliphatic heterocycles. The van der Waals surface area contributed by atoms with Crippen molar-refractivity contribution in [2.45, 2.75) is 71.0 Å². The number of hydrogen-bond donors (Lipinski definition) is 3. The summed E-state index contributed by atoms with van der Waals surface area (Å²) in [6.45, 7) is 5.14. The van der Waals surface area contributed by atoms with Gasteiger partial charge in [-0.3, -0.25) is 0 Å². The summed E-state index contributed by atoms with van der Waals surface area (Å²) >= 11 is 0. The highest BCUT2D eigenvalue weighted by atomic mass is 16.5. The van der Waals surface area contributed by atoms with Crippen LogP contribution in [0.3, 0.4) is 0 Å². The van der Waals surface area contributed by atoms with Crippen molar-refractivity contribution >= 4 is 33.9 Å². The fraction of sp³-hybridized carbons (Fsp3) is 0.424. The zero-order valence-electron chi connectivity index (χ0n) is 22.9. The molecule has 6 heteroatoms. The molecule has 2 heterocycles. The Balaban J connectivity index is 1.32. The standard InChI is InChI=1S/C33H39N3O3/c1-3-5-10-21(4-2)20-38-33-35-31(34-32(36-33)25-13-8-9-14-28(25)37)24-15-16-29-26(18-24)27-17-22-11-6-7-12-23(22)19-30(27)39-29/h7-9,12-19,21,25,28,31,33,35,37H,3-6,10-11,20H2,1-2H3,(H,34,36). The molecule has 2 aliphatic carbocycles. The first-order chi connectivity index (χ1) is 19.1. The van der Waals surface area contributed by atoms with Crippen LogP contribution in [0.5, 0.6) is 0 Å². The van der Waals surface area contributed by atoms with Crippen molar-refractivity contribution in [1.82, 2.24) is 10.6 Å². The van der Waals surface area contributed by atoms with Crippen LogP contribution in [0.15, 0.2) is 70.1 Å². The quantitative estimate of drug-likeness (QED) is 0.288. The SMILES string of the molecule is CCCCC(CC)COC1NC(C2C=CC=CC2O)=NC(c2ccc3oc4cc5c(cc4c3c2)CCC=C5)N1. The predicted octanol–water partition coefficient (Wildman–Crippen LogP) is 6.76. The zero-order chi connectivity index (χ0) is 26.8. The van der Waals surface area contributed by atoms with Crippen LogP contribution in [0.4, 0.5) is 0 Å². The topological polar surface area (TPSA) is 79.0 Å². The number of fused-ring (bicyclic) bond motifs is 4. The number of rotatable bonds is 9. The molecule has 3 aliphatic rings. The lowest BCUT2D eigenvalue weighted by Crippen LogP contribution is -2.55. The number of aliphatic hydroxyl groups excluding tert-OH is 1. The minimum atomic E-state index is -0.630. The smallest absolute Gasteiger partial charge is 0.186 e. The minimum Gasteiger partial charge on any atom is -0.456 e. The van der Waals surface area contributed by atoms with Crippen molar-refractivity contribution in [3.63, 3.8) is 0 Å². The lowest BCUT2D eigenvalue weighted by atomic mass is 9.95. The van der Waals surface area contributed by atoms with Gasteiger partial charge in [-0.2, -0.15) is 0 Å². The van der Waals surface area contributed by atoms with Crippen molar-refractivity contribution in [2.75, 3.05) is 6.61 Å². The number of aliphatic hydroxyl groups is 1. The molecule has 0 amide bonds. The Morgan fingerprint density at radius 1 is 1.10 bits per heavy atom. The summed E-state index contributed by atoms with van der Waals surface area (Å²) in [6.07, 6.45) is 17.5. The molecule has 3 N–H and O–H groups in total. The van der Waals surface area contributed by atoms with E-state index in [0.29, 0.717) is 12.5 Å². The Morgan fingerprint density at radius 3 is 2.82 bits per heavy atom. The van der Waals surface area contributed by atoms with Crippen LogP contribution in [0, 0.1) is 11.8 Å². The maximum atomic E-state index is 10.7. The molecule has 2 aromatic carbocycles. The molecule has 6 rings (SSSR count). The summed E-state index contributed by atoms with van der Waals surface area (Å²) in [4.78, 5) is 5.04. The number of ether oxygens (including phenoxy) is 1. The third-order valence-corrected chi connectivity index (χ3v) is 8.27.